The third kappa shape index (κ3) is 9.07. The van der Waals surface area contributed by atoms with E-state index in [9.17, 15) is 32.7 Å². The summed E-state index contributed by atoms with van der Waals surface area (Å²) in [6, 6.07) is 13.3. The quantitative estimate of drug-likeness (QED) is 0.287. The molecular formula is C40H53F3N4O6. The Morgan fingerprint density at radius 2 is 1.51 bits per heavy atom. The summed E-state index contributed by atoms with van der Waals surface area (Å²) in [6.07, 6.45) is 0.229. The van der Waals surface area contributed by atoms with Crippen molar-refractivity contribution in [3.05, 3.63) is 65.2 Å². The molecule has 3 amide bonds. The number of aliphatic hydroxyl groups excluding tert-OH is 1. The molecule has 4 aliphatic rings. The van der Waals surface area contributed by atoms with Crippen LogP contribution in [0.2, 0.25) is 0 Å². The van der Waals surface area contributed by atoms with Crippen LogP contribution in [0.4, 0.5) is 18.9 Å². The third-order valence-electron chi connectivity index (χ3n) is 11.3. The zero-order valence-electron chi connectivity index (χ0n) is 31.0. The zero-order valence-corrected chi connectivity index (χ0v) is 31.0. The number of alkyl halides is 3. The fourth-order valence-electron chi connectivity index (χ4n) is 8.66. The van der Waals surface area contributed by atoms with Crippen molar-refractivity contribution in [2.75, 3.05) is 18.4 Å². The molecule has 3 aliphatic heterocycles. The number of nitrogens with zero attached hydrogens (tertiary/aromatic N) is 2. The maximum Gasteiger partial charge on any atom is 0.471 e. The van der Waals surface area contributed by atoms with Crippen LogP contribution in [0.15, 0.2) is 48.5 Å². The Balaban J connectivity index is 1.24. The van der Waals surface area contributed by atoms with Gasteiger partial charge in [0, 0.05) is 41.8 Å². The number of anilines is 1. The average molecular weight is 743 g/mol. The van der Waals surface area contributed by atoms with Crippen molar-refractivity contribution in [3.63, 3.8) is 0 Å². The first-order chi connectivity index (χ1) is 25.1. The lowest BCUT2D eigenvalue weighted by molar-refractivity contribution is -0.278. The number of nitrogens with one attached hydrogen (secondary N) is 2. The molecule has 3 heterocycles. The second kappa shape index (κ2) is 16.1. The minimum atomic E-state index is -5.05. The number of piperidine rings is 1. The Morgan fingerprint density at radius 1 is 0.830 bits per heavy atom. The topological polar surface area (TPSA) is 120 Å². The van der Waals surface area contributed by atoms with Gasteiger partial charge in [-0.3, -0.25) is 19.3 Å². The van der Waals surface area contributed by atoms with Gasteiger partial charge < -0.3 is 30.1 Å². The molecular weight excluding hydrogens is 689 g/mol. The summed E-state index contributed by atoms with van der Waals surface area (Å²) in [6.45, 7) is 8.43. The van der Waals surface area contributed by atoms with Crippen LogP contribution in [0.1, 0.15) is 108 Å². The van der Waals surface area contributed by atoms with Gasteiger partial charge >= 0.3 is 12.1 Å². The second-order valence-corrected chi connectivity index (χ2v) is 16.2. The first-order valence-electron chi connectivity index (χ1n) is 19.0. The van der Waals surface area contributed by atoms with Crippen molar-refractivity contribution in [2.24, 2.45) is 11.8 Å². The third-order valence-corrected chi connectivity index (χ3v) is 11.3. The number of benzene rings is 2. The van der Waals surface area contributed by atoms with E-state index in [0.29, 0.717) is 35.0 Å². The monoisotopic (exact) mass is 742 g/mol. The lowest BCUT2D eigenvalue weighted by Gasteiger charge is -2.51. The SMILES string of the molecule is CC1C(CN2C(C(=O)NC(C)(C)C)CCC3CCCCC32)OC(c2ccc(NC(=O)C3CCCN3C(=O)C(F)(F)F)cc2)OC1c1ccc(CO)cc1. The van der Waals surface area contributed by atoms with E-state index in [1.807, 2.05) is 45.0 Å². The Kier molecular flexibility index (Phi) is 11.9. The molecule has 1 saturated carbocycles. The number of carbonyl (C=O) groups is 3. The first-order valence-corrected chi connectivity index (χ1v) is 19.0. The molecule has 290 valence electrons. The van der Waals surface area contributed by atoms with Gasteiger partial charge in [0.25, 0.3) is 0 Å². The molecule has 13 heteroatoms. The van der Waals surface area contributed by atoms with Crippen molar-refractivity contribution >= 4 is 23.4 Å². The van der Waals surface area contributed by atoms with Crippen LogP contribution >= 0.6 is 0 Å². The van der Waals surface area contributed by atoms with E-state index in [0.717, 1.165) is 43.2 Å². The van der Waals surface area contributed by atoms with E-state index in [4.69, 9.17) is 9.47 Å². The summed E-state index contributed by atoms with van der Waals surface area (Å²) in [5, 5.41) is 15.6. The number of carbonyl (C=O) groups excluding carboxylic acids is 3. The molecule has 10 nitrogen and oxygen atoms in total. The maximum absolute atomic E-state index is 13.8. The van der Waals surface area contributed by atoms with E-state index in [1.165, 1.54) is 6.42 Å². The van der Waals surface area contributed by atoms with Crippen LogP contribution in [-0.2, 0) is 30.5 Å². The number of rotatable bonds is 8. The summed E-state index contributed by atoms with van der Waals surface area (Å²) in [5.74, 6) is -2.22. The number of likely N-dealkylation sites (tertiary alicyclic amines) is 2. The van der Waals surface area contributed by atoms with Gasteiger partial charge in [0.1, 0.15) is 6.04 Å². The number of halogens is 3. The molecule has 3 saturated heterocycles. The van der Waals surface area contributed by atoms with Gasteiger partial charge in [-0.15, -0.1) is 0 Å². The van der Waals surface area contributed by atoms with Crippen molar-refractivity contribution in [1.29, 1.82) is 0 Å². The van der Waals surface area contributed by atoms with Crippen molar-refractivity contribution in [2.45, 2.75) is 134 Å². The van der Waals surface area contributed by atoms with Gasteiger partial charge in [-0.2, -0.15) is 13.2 Å². The van der Waals surface area contributed by atoms with Gasteiger partial charge in [0.05, 0.1) is 24.9 Å². The molecule has 2 aromatic carbocycles. The molecule has 8 unspecified atom stereocenters. The van der Waals surface area contributed by atoms with E-state index >= 15 is 0 Å². The van der Waals surface area contributed by atoms with Crippen LogP contribution in [0.3, 0.4) is 0 Å². The highest BCUT2D eigenvalue weighted by atomic mass is 19.4. The smallest absolute Gasteiger partial charge is 0.392 e. The Labute approximate surface area is 309 Å². The lowest BCUT2D eigenvalue weighted by Crippen LogP contribution is -2.61. The molecule has 0 bridgehead atoms. The molecule has 0 spiro atoms. The lowest BCUT2D eigenvalue weighted by atomic mass is 9.75. The first kappa shape index (κ1) is 39.2. The largest absolute Gasteiger partial charge is 0.471 e. The Bertz CT molecular complexity index is 1600. The molecule has 3 N–H and O–H groups in total. The summed E-state index contributed by atoms with van der Waals surface area (Å²) in [5.41, 5.74) is 2.40. The van der Waals surface area contributed by atoms with Crippen molar-refractivity contribution in [1.82, 2.24) is 15.1 Å². The van der Waals surface area contributed by atoms with E-state index < -0.39 is 30.3 Å². The number of hydrogen-bond acceptors (Lipinski definition) is 7. The summed E-state index contributed by atoms with van der Waals surface area (Å²) >= 11 is 0. The Morgan fingerprint density at radius 3 is 2.17 bits per heavy atom. The van der Waals surface area contributed by atoms with Crippen LogP contribution in [0.5, 0.6) is 0 Å². The maximum atomic E-state index is 13.8. The average Bonchev–Trinajstić information content (AvgIpc) is 3.62. The van der Waals surface area contributed by atoms with Crippen LogP contribution in [0.25, 0.3) is 0 Å². The summed E-state index contributed by atoms with van der Waals surface area (Å²) in [7, 11) is 0. The molecule has 8 atom stereocenters. The molecule has 6 rings (SSSR count). The molecule has 2 aromatic rings. The number of hydrogen-bond donors (Lipinski definition) is 3. The highest BCUT2D eigenvalue weighted by molar-refractivity contribution is 5.98. The fraction of sp³-hybridized carbons (Fsp3) is 0.625. The fourth-order valence-corrected chi connectivity index (χ4v) is 8.66. The van der Waals surface area contributed by atoms with E-state index in [2.05, 4.69) is 22.5 Å². The second-order valence-electron chi connectivity index (χ2n) is 16.2. The molecule has 4 fully saturated rings. The zero-order chi connectivity index (χ0) is 38.1. The molecule has 0 aromatic heterocycles. The number of amides is 3. The predicted molar refractivity (Wildman–Crippen MR) is 192 cm³/mol. The number of aliphatic hydroxyl groups is 1. The number of fused-ring (bicyclic) bond motifs is 1. The van der Waals surface area contributed by atoms with Gasteiger partial charge in [-0.25, -0.2) is 0 Å². The minimum Gasteiger partial charge on any atom is -0.392 e. The van der Waals surface area contributed by atoms with Gasteiger partial charge in [-0.05, 0) is 88.5 Å². The molecule has 1 aliphatic carbocycles. The highest BCUT2D eigenvalue weighted by Crippen LogP contribution is 2.44. The van der Waals surface area contributed by atoms with Gasteiger partial charge in [-0.1, -0.05) is 56.2 Å². The van der Waals surface area contributed by atoms with Gasteiger partial charge in [0.2, 0.25) is 11.8 Å². The normalized spacial score (nSPS) is 29.7. The molecule has 0 radical (unpaired) electrons. The number of ether oxygens (including phenoxy) is 2. The van der Waals surface area contributed by atoms with E-state index in [-0.39, 0.29) is 61.2 Å². The summed E-state index contributed by atoms with van der Waals surface area (Å²) < 4.78 is 52.9. The van der Waals surface area contributed by atoms with Crippen molar-refractivity contribution < 1.29 is 42.1 Å². The van der Waals surface area contributed by atoms with Crippen molar-refractivity contribution in [3.8, 4) is 0 Å². The van der Waals surface area contributed by atoms with Crippen LogP contribution < -0.4 is 10.6 Å². The van der Waals surface area contributed by atoms with Gasteiger partial charge in [0.15, 0.2) is 6.29 Å². The standard InChI is InChI=1S/C40H53F3N4O6/c1-24-33(22-47-30-9-6-5-8-26(30)17-20-32(47)36(50)45-39(2,3)4)52-37(53-34(24)27-13-11-25(23-48)12-14-27)28-15-18-29(19-16-28)44-35(49)31-10-7-21-46(31)38(51)40(41,42)43/h11-16,18-19,24,26,30-34,37,48H,5-10,17,20-23H2,1-4H3,(H,44,49)(H,45,50). The minimum absolute atomic E-state index is 0.0371. The molecule has 53 heavy (non-hydrogen) atoms. The summed E-state index contributed by atoms with van der Waals surface area (Å²) in [4.78, 5) is 41.8. The van der Waals surface area contributed by atoms with Crippen LogP contribution in [0, 0.1) is 11.8 Å². The van der Waals surface area contributed by atoms with Crippen LogP contribution in [-0.4, -0.2) is 81.7 Å². The van der Waals surface area contributed by atoms with E-state index in [1.54, 1.807) is 24.3 Å². The predicted octanol–water partition coefficient (Wildman–Crippen LogP) is 6.40. The Hall–Kier alpha value is -3.52. The highest BCUT2D eigenvalue weighted by Gasteiger charge is 2.48.